The molecule has 0 spiro atoms. The summed E-state index contributed by atoms with van der Waals surface area (Å²) in [5, 5.41) is 22.6. The van der Waals surface area contributed by atoms with Crippen LogP contribution in [0.25, 0.3) is 10.6 Å². The molecular formula is C26H26F2N6O5S. The minimum atomic E-state index is -1.06. The minimum Gasteiger partial charge on any atom is -0.469 e. The van der Waals surface area contributed by atoms with Gasteiger partial charge in [-0.2, -0.15) is 5.26 Å². The Morgan fingerprint density at radius 1 is 1.15 bits per heavy atom. The third-order valence-corrected chi connectivity index (χ3v) is 6.67. The van der Waals surface area contributed by atoms with Gasteiger partial charge >= 0.3 is 18.1 Å². The molecule has 0 aliphatic heterocycles. The van der Waals surface area contributed by atoms with Crippen molar-refractivity contribution >= 4 is 34.6 Å². The lowest BCUT2D eigenvalue weighted by molar-refractivity contribution is -0.140. The third kappa shape index (κ3) is 8.43. The van der Waals surface area contributed by atoms with E-state index in [0.717, 1.165) is 17.4 Å². The van der Waals surface area contributed by atoms with E-state index in [1.54, 1.807) is 24.3 Å². The summed E-state index contributed by atoms with van der Waals surface area (Å²) in [7, 11) is 2.72. The number of benzene rings is 2. The monoisotopic (exact) mass is 572 g/mol. The predicted octanol–water partition coefficient (Wildman–Crippen LogP) is 4.46. The molecule has 14 heteroatoms. The Labute approximate surface area is 232 Å². The molecule has 0 bridgehead atoms. The van der Waals surface area contributed by atoms with Crippen molar-refractivity contribution in [3.8, 4) is 16.6 Å². The first-order chi connectivity index (χ1) is 19.2. The summed E-state index contributed by atoms with van der Waals surface area (Å²) in [4.78, 5) is 38.0. The number of aromatic nitrogens is 2. The molecule has 1 heterocycles. The smallest absolute Gasteiger partial charge is 0.413 e. The molecule has 1 atom stereocenters. The van der Waals surface area contributed by atoms with Crippen LogP contribution >= 0.6 is 11.3 Å². The number of nitriles is 1. The van der Waals surface area contributed by atoms with E-state index in [4.69, 9.17) is 10.00 Å². The fraction of sp³-hybridized carbons (Fsp3) is 0.308. The molecule has 11 nitrogen and oxygen atoms in total. The average Bonchev–Trinajstić information content (AvgIpc) is 3.43. The number of hydrogen-bond acceptors (Lipinski definition) is 9. The Hall–Kier alpha value is -4.64. The summed E-state index contributed by atoms with van der Waals surface area (Å²) >= 11 is 1.10. The molecular weight excluding hydrogens is 546 g/mol. The van der Waals surface area contributed by atoms with Gasteiger partial charge in [0.25, 0.3) is 0 Å². The highest BCUT2D eigenvalue weighted by atomic mass is 32.1. The van der Waals surface area contributed by atoms with Gasteiger partial charge < -0.3 is 19.7 Å². The van der Waals surface area contributed by atoms with Crippen LogP contribution < -0.4 is 10.6 Å². The zero-order chi connectivity index (χ0) is 29.1. The van der Waals surface area contributed by atoms with E-state index >= 15 is 0 Å². The summed E-state index contributed by atoms with van der Waals surface area (Å²) in [5.41, 5.74) is 1.18. The number of likely N-dealkylation sites (N-methyl/N-ethyl adjacent to an activating group) is 1. The van der Waals surface area contributed by atoms with Crippen LogP contribution in [0.2, 0.25) is 0 Å². The molecule has 0 saturated carbocycles. The van der Waals surface area contributed by atoms with Gasteiger partial charge in [0.1, 0.15) is 11.6 Å². The Morgan fingerprint density at radius 3 is 2.60 bits per heavy atom. The van der Waals surface area contributed by atoms with Gasteiger partial charge in [-0.05, 0) is 31.0 Å². The van der Waals surface area contributed by atoms with E-state index in [1.165, 1.54) is 31.2 Å². The molecule has 0 aliphatic carbocycles. The van der Waals surface area contributed by atoms with Crippen molar-refractivity contribution in [2.45, 2.75) is 31.8 Å². The molecule has 2 aromatic carbocycles. The number of methoxy groups -OCH3 is 1. The summed E-state index contributed by atoms with van der Waals surface area (Å²) in [6.45, 7) is -0.492. The van der Waals surface area contributed by atoms with Crippen LogP contribution in [0.15, 0.2) is 42.5 Å². The Morgan fingerprint density at radius 2 is 1.90 bits per heavy atom. The van der Waals surface area contributed by atoms with Gasteiger partial charge in [0.05, 0.1) is 24.8 Å². The maximum Gasteiger partial charge on any atom is 0.413 e. The maximum atomic E-state index is 13.9. The number of amides is 3. The number of rotatable bonds is 11. The molecule has 0 radical (unpaired) electrons. The lowest BCUT2D eigenvalue weighted by Crippen LogP contribution is -2.46. The number of urea groups is 1. The molecule has 3 aromatic rings. The molecule has 40 heavy (non-hydrogen) atoms. The second-order valence-electron chi connectivity index (χ2n) is 8.43. The molecule has 0 fully saturated rings. The quantitative estimate of drug-likeness (QED) is 0.320. The highest BCUT2D eigenvalue weighted by Crippen LogP contribution is 2.26. The van der Waals surface area contributed by atoms with Gasteiger partial charge in [0.2, 0.25) is 5.13 Å². The lowest BCUT2D eigenvalue weighted by Gasteiger charge is -2.28. The lowest BCUT2D eigenvalue weighted by atomic mass is 10.1. The molecule has 0 aliphatic rings. The van der Waals surface area contributed by atoms with E-state index in [9.17, 15) is 23.2 Å². The van der Waals surface area contributed by atoms with Crippen LogP contribution in [0.5, 0.6) is 0 Å². The van der Waals surface area contributed by atoms with E-state index in [0.29, 0.717) is 22.6 Å². The molecule has 1 aromatic heterocycles. The maximum absolute atomic E-state index is 13.9. The summed E-state index contributed by atoms with van der Waals surface area (Å²) in [5.74, 6) is -2.51. The number of nitrogens with one attached hydrogen (secondary N) is 2. The number of anilines is 1. The van der Waals surface area contributed by atoms with Crippen molar-refractivity contribution in [1.29, 1.82) is 5.26 Å². The molecule has 2 N–H and O–H groups in total. The fourth-order valence-corrected chi connectivity index (χ4v) is 4.23. The normalized spacial score (nSPS) is 11.2. The highest BCUT2D eigenvalue weighted by Gasteiger charge is 2.23. The summed E-state index contributed by atoms with van der Waals surface area (Å²) in [6, 6.07) is 11.1. The Balaban J connectivity index is 1.58. The molecule has 3 rings (SSSR count). The zero-order valence-electron chi connectivity index (χ0n) is 21.6. The minimum absolute atomic E-state index is 0.0305. The van der Waals surface area contributed by atoms with E-state index in [-0.39, 0.29) is 36.7 Å². The number of ether oxygens (including phenoxy) is 2. The van der Waals surface area contributed by atoms with Crippen LogP contribution in [-0.4, -0.2) is 60.0 Å². The van der Waals surface area contributed by atoms with Crippen molar-refractivity contribution in [3.05, 3.63) is 65.2 Å². The number of halogens is 2. The zero-order valence-corrected chi connectivity index (χ0v) is 22.5. The van der Waals surface area contributed by atoms with Crippen molar-refractivity contribution in [2.24, 2.45) is 0 Å². The van der Waals surface area contributed by atoms with Gasteiger partial charge in [0, 0.05) is 31.1 Å². The number of carbonyl (C=O) groups excluding carboxylic acids is 3. The first kappa shape index (κ1) is 29.9. The molecule has 0 saturated heterocycles. The van der Waals surface area contributed by atoms with Crippen molar-refractivity contribution in [2.75, 3.05) is 26.1 Å². The van der Waals surface area contributed by atoms with Gasteiger partial charge in [-0.3, -0.25) is 10.1 Å². The first-order valence-electron chi connectivity index (χ1n) is 12.0. The Kier molecular flexibility index (Phi) is 10.8. The predicted molar refractivity (Wildman–Crippen MR) is 141 cm³/mol. The van der Waals surface area contributed by atoms with Crippen molar-refractivity contribution < 1.29 is 32.6 Å². The molecule has 3 amide bonds. The SMILES string of the molecule is COC(=O)CCC[C@@H](COC(=O)Nc1nnc(-c2ccc(C#N)cc2)s1)N(C)C(=O)NCc1cccc(F)c1F. The topological polar surface area (TPSA) is 147 Å². The fourth-order valence-electron chi connectivity index (χ4n) is 3.49. The second kappa shape index (κ2) is 14.5. The summed E-state index contributed by atoms with van der Waals surface area (Å²) in [6.07, 6.45) is -0.131. The molecule has 0 unspecified atom stereocenters. The standard InChI is InChI=1S/C26H26F2N6O5S/c1-34(25(36)30-14-18-5-3-7-20(27)22(18)28)19(6-4-8-21(35)38-2)15-39-26(37)31-24-33-32-23(40-24)17-11-9-16(13-29)10-12-17/h3,5,7,9-12,19H,4,6,8,14-15H2,1-2H3,(H,30,36)(H,31,33,37)/t19-/m0/s1. The van der Waals surface area contributed by atoms with Gasteiger partial charge in [-0.1, -0.05) is 35.6 Å². The van der Waals surface area contributed by atoms with E-state index in [2.05, 4.69) is 25.6 Å². The highest BCUT2D eigenvalue weighted by molar-refractivity contribution is 7.18. The largest absolute Gasteiger partial charge is 0.469 e. The van der Waals surface area contributed by atoms with E-state index < -0.39 is 35.8 Å². The van der Waals surface area contributed by atoms with Gasteiger partial charge in [-0.25, -0.2) is 18.4 Å². The Bertz CT molecular complexity index is 1380. The van der Waals surface area contributed by atoms with Crippen LogP contribution in [0.4, 0.5) is 23.5 Å². The number of nitrogens with zero attached hydrogens (tertiary/aromatic N) is 4. The van der Waals surface area contributed by atoms with Crippen LogP contribution in [0.1, 0.15) is 30.4 Å². The summed E-state index contributed by atoms with van der Waals surface area (Å²) < 4.78 is 37.4. The van der Waals surface area contributed by atoms with Crippen molar-refractivity contribution in [1.82, 2.24) is 20.4 Å². The first-order valence-corrected chi connectivity index (χ1v) is 12.8. The van der Waals surface area contributed by atoms with Crippen molar-refractivity contribution in [3.63, 3.8) is 0 Å². The molecule has 210 valence electrons. The third-order valence-electron chi connectivity index (χ3n) is 5.78. The number of carbonyl (C=O) groups is 3. The number of esters is 1. The second-order valence-corrected chi connectivity index (χ2v) is 9.41. The van der Waals surface area contributed by atoms with Gasteiger partial charge in [-0.15, -0.1) is 10.2 Å². The van der Waals surface area contributed by atoms with E-state index in [1.807, 2.05) is 6.07 Å². The van der Waals surface area contributed by atoms with Crippen LogP contribution in [0.3, 0.4) is 0 Å². The van der Waals surface area contributed by atoms with Crippen LogP contribution in [0, 0.1) is 23.0 Å². The average molecular weight is 573 g/mol. The number of hydrogen-bond donors (Lipinski definition) is 2. The van der Waals surface area contributed by atoms with Gasteiger partial charge in [0.15, 0.2) is 11.6 Å². The van der Waals surface area contributed by atoms with Crippen LogP contribution in [-0.2, 0) is 20.8 Å².